The van der Waals surface area contributed by atoms with Crippen LogP contribution in [0.3, 0.4) is 0 Å². The van der Waals surface area contributed by atoms with Crippen molar-refractivity contribution in [2.24, 2.45) is 23.7 Å². The van der Waals surface area contributed by atoms with Crippen molar-refractivity contribution < 1.29 is 0 Å². The third kappa shape index (κ3) is 16.4. The molecule has 0 aliphatic rings. The van der Waals surface area contributed by atoms with Crippen molar-refractivity contribution in [3.63, 3.8) is 0 Å². The van der Waals surface area contributed by atoms with Crippen molar-refractivity contribution in [3.05, 3.63) is 0 Å². The first kappa shape index (κ1) is 21.2. The molecule has 0 aromatic carbocycles. The van der Waals surface area contributed by atoms with E-state index in [4.69, 9.17) is 0 Å². The zero-order valence-corrected chi connectivity index (χ0v) is 17.5. The SMILES string of the molecule is CC(C)CCCC(C)CC[SiH2]CCC(C)CCCC(C)C. The average molecular weight is 313 g/mol. The van der Waals surface area contributed by atoms with Gasteiger partial charge in [-0.25, -0.2) is 0 Å². The topological polar surface area (TPSA) is 0 Å². The fourth-order valence-electron chi connectivity index (χ4n) is 3.20. The average Bonchev–Trinajstić information content (AvgIpc) is 2.37. The van der Waals surface area contributed by atoms with Gasteiger partial charge in [0.1, 0.15) is 0 Å². The molecule has 0 nitrogen and oxygen atoms in total. The van der Waals surface area contributed by atoms with Gasteiger partial charge in [0.15, 0.2) is 0 Å². The van der Waals surface area contributed by atoms with Gasteiger partial charge in [0, 0.05) is 9.52 Å². The molecule has 0 aliphatic heterocycles. The van der Waals surface area contributed by atoms with Gasteiger partial charge >= 0.3 is 0 Å². The highest BCUT2D eigenvalue weighted by Gasteiger charge is 2.05. The molecule has 0 rings (SSSR count). The zero-order chi connectivity index (χ0) is 16.1. The maximum Gasteiger partial charge on any atom is 0.0198 e. The largest absolute Gasteiger partial charge is 0.0628 e. The molecule has 1 heteroatoms. The van der Waals surface area contributed by atoms with Gasteiger partial charge in [-0.05, 0) is 23.7 Å². The van der Waals surface area contributed by atoms with Crippen LogP contribution in [0.4, 0.5) is 0 Å². The lowest BCUT2D eigenvalue weighted by Gasteiger charge is -2.13. The molecule has 0 amide bonds. The van der Waals surface area contributed by atoms with Crippen LogP contribution in [0.25, 0.3) is 0 Å². The van der Waals surface area contributed by atoms with Gasteiger partial charge in [-0.1, -0.05) is 105 Å². The Balaban J connectivity index is 3.34. The Morgan fingerprint density at radius 3 is 1.24 bits per heavy atom. The Kier molecular flexibility index (Phi) is 14.0. The summed E-state index contributed by atoms with van der Waals surface area (Å²) in [6.45, 7) is 14.3. The van der Waals surface area contributed by atoms with Crippen LogP contribution in [-0.4, -0.2) is 9.52 Å². The summed E-state index contributed by atoms with van der Waals surface area (Å²) in [6, 6.07) is 3.20. The minimum Gasteiger partial charge on any atom is -0.0628 e. The summed E-state index contributed by atoms with van der Waals surface area (Å²) < 4.78 is 0. The molecule has 0 aliphatic carbocycles. The van der Waals surface area contributed by atoms with E-state index in [1.54, 1.807) is 12.1 Å². The lowest BCUT2D eigenvalue weighted by Crippen LogP contribution is -2.02. The van der Waals surface area contributed by atoms with Crippen LogP contribution >= 0.6 is 0 Å². The second-order valence-electron chi connectivity index (χ2n) is 8.50. The maximum atomic E-state index is 2.48. The number of rotatable bonds is 14. The standard InChI is InChI=1S/C20H44Si/c1-17(2)9-7-11-19(5)13-15-21-16-14-20(6)12-8-10-18(3)4/h17-20H,7-16,21H2,1-6H3. The summed E-state index contributed by atoms with van der Waals surface area (Å²) in [6.07, 6.45) is 11.7. The maximum absolute atomic E-state index is 2.48. The fraction of sp³-hybridized carbons (Fsp3) is 1.00. The van der Waals surface area contributed by atoms with E-state index in [2.05, 4.69) is 41.5 Å². The Morgan fingerprint density at radius 2 is 0.905 bits per heavy atom. The second-order valence-corrected chi connectivity index (χ2v) is 10.6. The molecule has 0 radical (unpaired) electrons. The smallest absolute Gasteiger partial charge is 0.0198 e. The van der Waals surface area contributed by atoms with E-state index in [9.17, 15) is 0 Å². The van der Waals surface area contributed by atoms with Gasteiger partial charge in [-0.15, -0.1) is 0 Å². The summed E-state index contributed by atoms with van der Waals surface area (Å²) in [4.78, 5) is 0. The molecular weight excluding hydrogens is 268 g/mol. The van der Waals surface area contributed by atoms with Crippen molar-refractivity contribution in [2.75, 3.05) is 0 Å². The Morgan fingerprint density at radius 1 is 0.524 bits per heavy atom. The minimum absolute atomic E-state index is 0.248. The van der Waals surface area contributed by atoms with Gasteiger partial charge in [-0.2, -0.15) is 0 Å². The minimum atomic E-state index is 0.248. The molecule has 0 saturated carbocycles. The Labute approximate surface area is 138 Å². The van der Waals surface area contributed by atoms with E-state index in [0.717, 1.165) is 23.7 Å². The highest BCUT2D eigenvalue weighted by molar-refractivity contribution is 6.35. The van der Waals surface area contributed by atoms with E-state index < -0.39 is 0 Å². The molecule has 0 spiro atoms. The molecule has 0 aromatic heterocycles. The molecule has 0 heterocycles. The van der Waals surface area contributed by atoms with Crippen LogP contribution in [0.2, 0.25) is 12.1 Å². The van der Waals surface area contributed by atoms with E-state index in [0.29, 0.717) is 0 Å². The van der Waals surface area contributed by atoms with Crippen molar-refractivity contribution in [1.82, 2.24) is 0 Å². The summed E-state index contributed by atoms with van der Waals surface area (Å²) in [5, 5.41) is 0. The molecule has 0 fully saturated rings. The van der Waals surface area contributed by atoms with Gasteiger partial charge in [-0.3, -0.25) is 0 Å². The van der Waals surface area contributed by atoms with Crippen LogP contribution in [0.5, 0.6) is 0 Å². The Bertz CT molecular complexity index is 188. The lowest BCUT2D eigenvalue weighted by molar-refractivity contribution is 0.444. The first-order valence-corrected chi connectivity index (χ1v) is 11.9. The van der Waals surface area contributed by atoms with Crippen LogP contribution < -0.4 is 0 Å². The number of hydrogen-bond acceptors (Lipinski definition) is 0. The zero-order valence-electron chi connectivity index (χ0n) is 16.1. The van der Waals surface area contributed by atoms with Crippen molar-refractivity contribution in [1.29, 1.82) is 0 Å². The van der Waals surface area contributed by atoms with Crippen molar-refractivity contribution >= 4 is 9.52 Å². The summed E-state index contributed by atoms with van der Waals surface area (Å²) in [5.41, 5.74) is 0. The quantitative estimate of drug-likeness (QED) is 0.247. The van der Waals surface area contributed by atoms with Crippen LogP contribution in [-0.2, 0) is 0 Å². The predicted molar refractivity (Wildman–Crippen MR) is 103 cm³/mol. The summed E-state index contributed by atoms with van der Waals surface area (Å²) >= 11 is 0. The van der Waals surface area contributed by atoms with Crippen molar-refractivity contribution in [2.45, 2.75) is 105 Å². The predicted octanol–water partition coefficient (Wildman–Crippen LogP) is 6.70. The van der Waals surface area contributed by atoms with Crippen LogP contribution in [0.15, 0.2) is 0 Å². The van der Waals surface area contributed by atoms with Crippen LogP contribution in [0.1, 0.15) is 92.9 Å². The molecule has 0 saturated heterocycles. The lowest BCUT2D eigenvalue weighted by atomic mass is 9.98. The van der Waals surface area contributed by atoms with Gasteiger partial charge in [0.25, 0.3) is 0 Å². The van der Waals surface area contributed by atoms with Gasteiger partial charge in [0.2, 0.25) is 0 Å². The first-order chi connectivity index (χ1) is 9.91. The van der Waals surface area contributed by atoms with Crippen molar-refractivity contribution in [3.8, 4) is 0 Å². The monoisotopic (exact) mass is 312 g/mol. The number of hydrogen-bond donors (Lipinski definition) is 0. The van der Waals surface area contributed by atoms with Gasteiger partial charge < -0.3 is 0 Å². The third-order valence-electron chi connectivity index (χ3n) is 4.85. The summed E-state index contributed by atoms with van der Waals surface area (Å²) in [7, 11) is 0.248. The molecule has 0 aromatic rings. The third-order valence-corrected chi connectivity index (χ3v) is 6.67. The van der Waals surface area contributed by atoms with Gasteiger partial charge in [0.05, 0.1) is 0 Å². The highest BCUT2D eigenvalue weighted by Crippen LogP contribution is 2.19. The van der Waals surface area contributed by atoms with Crippen LogP contribution in [0, 0.1) is 23.7 Å². The normalized spacial score (nSPS) is 15.4. The second kappa shape index (κ2) is 13.9. The fourth-order valence-corrected chi connectivity index (χ4v) is 5.52. The van der Waals surface area contributed by atoms with E-state index in [-0.39, 0.29) is 9.52 Å². The molecule has 21 heavy (non-hydrogen) atoms. The molecule has 2 atom stereocenters. The molecule has 128 valence electrons. The van der Waals surface area contributed by atoms with E-state index >= 15 is 0 Å². The van der Waals surface area contributed by atoms with E-state index in [1.165, 1.54) is 51.4 Å². The summed E-state index contributed by atoms with van der Waals surface area (Å²) in [5.74, 6) is 3.76. The first-order valence-electron chi connectivity index (χ1n) is 9.91. The molecule has 2 unspecified atom stereocenters. The highest BCUT2D eigenvalue weighted by atomic mass is 28.2. The van der Waals surface area contributed by atoms with E-state index in [1.807, 2.05) is 0 Å². The Hall–Kier alpha value is 0.217. The molecule has 0 bridgehead atoms. The molecule has 0 N–H and O–H groups in total. The molecular formula is C20H44Si.